The van der Waals surface area contributed by atoms with E-state index in [1.165, 1.54) is 29.0 Å². The van der Waals surface area contributed by atoms with E-state index < -0.39 is 35.6 Å². The smallest absolute Gasteiger partial charge is 0.416 e. The van der Waals surface area contributed by atoms with Gasteiger partial charge in [0.2, 0.25) is 11.8 Å². The van der Waals surface area contributed by atoms with Crippen LogP contribution in [0.3, 0.4) is 0 Å². The molecule has 6 nitrogen and oxygen atoms in total. The Labute approximate surface area is 159 Å². The second-order valence-electron chi connectivity index (χ2n) is 7.32. The maximum absolute atomic E-state index is 13.0. The third-order valence-corrected chi connectivity index (χ3v) is 5.61. The summed E-state index contributed by atoms with van der Waals surface area (Å²) < 4.78 is 38.5. The van der Waals surface area contributed by atoms with Crippen LogP contribution in [-0.4, -0.2) is 52.8 Å². The lowest BCUT2D eigenvalue weighted by Crippen LogP contribution is -2.47. The average molecular weight is 398 g/mol. The molecule has 1 aromatic rings. The Bertz CT molecular complexity index is 778. The number of carboxylic acid groups (broad SMARTS) is 1. The molecule has 3 rings (SSSR count). The number of alkyl halides is 3. The van der Waals surface area contributed by atoms with E-state index in [0.717, 1.165) is 12.1 Å². The monoisotopic (exact) mass is 398 g/mol. The molecule has 2 amide bonds. The fraction of sp³-hybridized carbons (Fsp3) is 0.526. The minimum Gasteiger partial charge on any atom is -0.481 e. The van der Waals surface area contributed by atoms with Crippen LogP contribution >= 0.6 is 0 Å². The molecule has 0 aliphatic carbocycles. The van der Waals surface area contributed by atoms with Gasteiger partial charge in [0, 0.05) is 26.6 Å². The molecule has 2 fully saturated rings. The van der Waals surface area contributed by atoms with E-state index >= 15 is 0 Å². The molecular weight excluding hydrogens is 377 g/mol. The van der Waals surface area contributed by atoms with Crippen LogP contribution < -0.4 is 0 Å². The number of halogens is 3. The van der Waals surface area contributed by atoms with Crippen LogP contribution in [0.5, 0.6) is 0 Å². The molecule has 0 aromatic heterocycles. The van der Waals surface area contributed by atoms with Crippen molar-refractivity contribution >= 4 is 17.8 Å². The zero-order valence-electron chi connectivity index (χ0n) is 15.3. The highest BCUT2D eigenvalue weighted by molar-refractivity contribution is 5.85. The first-order valence-corrected chi connectivity index (χ1v) is 9.04. The van der Waals surface area contributed by atoms with Gasteiger partial charge in [0.05, 0.1) is 23.4 Å². The Balaban J connectivity index is 1.86. The standard InChI is InChI=1S/C19H21F3N2O4/c1-23-15(25)7-6-14(17(26)24-9-8-12(10-24)18(27)28)16(23)11-2-4-13(5-3-11)19(20,21)22/h2-5,12,14,16H,6-10H2,1H3,(H,27,28)/t12-,14+,16-/m1/s1. The number of hydrogen-bond donors (Lipinski definition) is 1. The topological polar surface area (TPSA) is 77.9 Å². The molecule has 2 heterocycles. The Morgan fingerprint density at radius 1 is 1.14 bits per heavy atom. The van der Waals surface area contributed by atoms with E-state index in [0.29, 0.717) is 18.5 Å². The Morgan fingerprint density at radius 3 is 2.32 bits per heavy atom. The minimum absolute atomic E-state index is 0.113. The van der Waals surface area contributed by atoms with Crippen molar-refractivity contribution in [2.45, 2.75) is 31.5 Å². The summed E-state index contributed by atoms with van der Waals surface area (Å²) >= 11 is 0. The summed E-state index contributed by atoms with van der Waals surface area (Å²) in [5, 5.41) is 9.14. The van der Waals surface area contributed by atoms with Crippen molar-refractivity contribution in [1.29, 1.82) is 0 Å². The predicted molar refractivity (Wildman–Crippen MR) is 92.0 cm³/mol. The van der Waals surface area contributed by atoms with E-state index in [4.69, 9.17) is 5.11 Å². The zero-order valence-corrected chi connectivity index (χ0v) is 15.3. The van der Waals surface area contributed by atoms with E-state index in [2.05, 4.69) is 0 Å². The summed E-state index contributed by atoms with van der Waals surface area (Å²) in [7, 11) is 1.54. The number of rotatable bonds is 3. The molecule has 2 aliphatic heterocycles. The Kier molecular flexibility index (Phi) is 5.36. The summed E-state index contributed by atoms with van der Waals surface area (Å²) in [5.74, 6) is -2.62. The third kappa shape index (κ3) is 3.83. The van der Waals surface area contributed by atoms with Crippen LogP contribution in [0.25, 0.3) is 0 Å². The Morgan fingerprint density at radius 2 is 1.79 bits per heavy atom. The molecule has 2 saturated heterocycles. The second-order valence-corrected chi connectivity index (χ2v) is 7.32. The van der Waals surface area contributed by atoms with Gasteiger partial charge in [0.1, 0.15) is 0 Å². The zero-order chi connectivity index (χ0) is 20.6. The number of hydrogen-bond acceptors (Lipinski definition) is 3. The number of nitrogens with zero attached hydrogens (tertiary/aromatic N) is 2. The molecule has 0 bridgehead atoms. The van der Waals surface area contributed by atoms with Crippen LogP contribution in [0, 0.1) is 11.8 Å². The second kappa shape index (κ2) is 7.44. The molecule has 3 atom stereocenters. The highest BCUT2D eigenvalue weighted by Crippen LogP contribution is 2.39. The molecule has 2 aliphatic rings. The first-order chi connectivity index (χ1) is 13.1. The third-order valence-electron chi connectivity index (χ3n) is 5.61. The number of carbonyl (C=O) groups excluding carboxylic acids is 2. The van der Waals surface area contributed by atoms with Gasteiger partial charge in [-0.2, -0.15) is 13.2 Å². The van der Waals surface area contributed by atoms with Gasteiger partial charge in [-0.1, -0.05) is 12.1 Å². The van der Waals surface area contributed by atoms with Crippen molar-refractivity contribution in [1.82, 2.24) is 9.80 Å². The molecular formula is C19H21F3N2O4. The van der Waals surface area contributed by atoms with Gasteiger partial charge < -0.3 is 14.9 Å². The van der Waals surface area contributed by atoms with Crippen molar-refractivity contribution < 1.29 is 32.7 Å². The number of piperidine rings is 1. The van der Waals surface area contributed by atoms with Gasteiger partial charge in [-0.3, -0.25) is 14.4 Å². The van der Waals surface area contributed by atoms with Gasteiger partial charge in [0.25, 0.3) is 0 Å². The number of carboxylic acids is 1. The average Bonchev–Trinajstić information content (AvgIpc) is 3.13. The van der Waals surface area contributed by atoms with Crippen LogP contribution in [0.1, 0.15) is 36.4 Å². The van der Waals surface area contributed by atoms with Gasteiger partial charge >= 0.3 is 12.1 Å². The molecule has 28 heavy (non-hydrogen) atoms. The van der Waals surface area contributed by atoms with Crippen molar-refractivity contribution in [3.05, 3.63) is 35.4 Å². The molecule has 0 unspecified atom stereocenters. The van der Waals surface area contributed by atoms with Gasteiger partial charge in [0.15, 0.2) is 0 Å². The van der Waals surface area contributed by atoms with Crippen LogP contribution in [-0.2, 0) is 20.6 Å². The van der Waals surface area contributed by atoms with Crippen LogP contribution in [0.15, 0.2) is 24.3 Å². The number of carbonyl (C=O) groups is 3. The molecule has 152 valence electrons. The van der Waals surface area contributed by atoms with E-state index in [1.807, 2.05) is 0 Å². The number of benzene rings is 1. The van der Waals surface area contributed by atoms with Crippen molar-refractivity contribution in [2.75, 3.05) is 20.1 Å². The molecule has 0 saturated carbocycles. The number of aliphatic carboxylic acids is 1. The predicted octanol–water partition coefficient (Wildman–Crippen LogP) is 2.55. The maximum atomic E-state index is 13.0. The lowest BCUT2D eigenvalue weighted by Gasteiger charge is -2.40. The Hall–Kier alpha value is -2.58. The highest BCUT2D eigenvalue weighted by atomic mass is 19.4. The summed E-state index contributed by atoms with van der Waals surface area (Å²) in [6.07, 6.45) is -3.65. The van der Waals surface area contributed by atoms with Gasteiger partial charge in [-0.05, 0) is 30.5 Å². The first kappa shape index (κ1) is 20.2. The molecule has 0 spiro atoms. The number of likely N-dealkylation sites (tertiary alicyclic amines) is 2. The van der Waals surface area contributed by atoms with Crippen molar-refractivity contribution in [2.24, 2.45) is 11.8 Å². The normalized spacial score (nSPS) is 25.9. The lowest BCUT2D eigenvalue weighted by molar-refractivity contribution is -0.146. The largest absolute Gasteiger partial charge is 0.481 e. The lowest BCUT2D eigenvalue weighted by atomic mass is 9.83. The van der Waals surface area contributed by atoms with E-state index in [9.17, 15) is 27.6 Å². The van der Waals surface area contributed by atoms with Crippen LogP contribution in [0.4, 0.5) is 13.2 Å². The molecule has 1 N–H and O–H groups in total. The van der Waals surface area contributed by atoms with E-state index in [1.54, 1.807) is 0 Å². The summed E-state index contributed by atoms with van der Waals surface area (Å²) in [4.78, 5) is 39.3. The van der Waals surface area contributed by atoms with Crippen LogP contribution in [0.2, 0.25) is 0 Å². The SMILES string of the molecule is CN1C(=O)CC[C@H](C(=O)N2CC[C@@H](C(=O)O)C2)[C@H]1c1ccc(C(F)(F)F)cc1. The van der Waals surface area contributed by atoms with Gasteiger partial charge in [-0.15, -0.1) is 0 Å². The molecule has 0 radical (unpaired) electrons. The first-order valence-electron chi connectivity index (χ1n) is 9.04. The highest BCUT2D eigenvalue weighted by Gasteiger charge is 2.43. The summed E-state index contributed by atoms with van der Waals surface area (Å²) in [6.45, 7) is 0.436. The number of amides is 2. The van der Waals surface area contributed by atoms with Crippen molar-refractivity contribution in [3.63, 3.8) is 0 Å². The summed E-state index contributed by atoms with van der Waals surface area (Å²) in [5.41, 5.74) is -0.344. The van der Waals surface area contributed by atoms with E-state index in [-0.39, 0.29) is 31.2 Å². The maximum Gasteiger partial charge on any atom is 0.416 e. The molecule has 9 heteroatoms. The van der Waals surface area contributed by atoms with Gasteiger partial charge in [-0.25, -0.2) is 0 Å². The summed E-state index contributed by atoms with van der Waals surface area (Å²) in [6, 6.07) is 3.81. The minimum atomic E-state index is -4.47. The quantitative estimate of drug-likeness (QED) is 0.849. The fourth-order valence-corrected chi connectivity index (χ4v) is 4.02. The molecule has 1 aromatic carbocycles. The fourth-order valence-electron chi connectivity index (χ4n) is 4.02. The van der Waals surface area contributed by atoms with Crippen molar-refractivity contribution in [3.8, 4) is 0 Å².